The Balaban J connectivity index is 2.56. The summed E-state index contributed by atoms with van der Waals surface area (Å²) in [6.07, 6.45) is 0. The molecule has 0 aliphatic rings. The van der Waals surface area contributed by atoms with Crippen LogP contribution in [0.15, 0.2) is 36.4 Å². The summed E-state index contributed by atoms with van der Waals surface area (Å²) in [7, 11) is 1.65. The molecule has 2 rings (SSSR count). The SMILES string of the molecule is CNC(c1cc(F)ccc1F)c1cccc(Cl)c1Cl. The van der Waals surface area contributed by atoms with Crippen molar-refractivity contribution in [2.75, 3.05) is 7.05 Å². The van der Waals surface area contributed by atoms with Crippen molar-refractivity contribution < 1.29 is 8.78 Å². The van der Waals surface area contributed by atoms with E-state index in [1.807, 2.05) is 0 Å². The molecule has 0 aliphatic heterocycles. The average molecular weight is 302 g/mol. The number of nitrogens with one attached hydrogen (secondary N) is 1. The smallest absolute Gasteiger partial charge is 0.128 e. The van der Waals surface area contributed by atoms with E-state index in [-0.39, 0.29) is 5.56 Å². The van der Waals surface area contributed by atoms with Crippen molar-refractivity contribution in [3.63, 3.8) is 0 Å². The molecule has 1 nitrogen and oxygen atoms in total. The lowest BCUT2D eigenvalue weighted by Gasteiger charge is -2.19. The molecule has 0 aliphatic carbocycles. The standard InChI is InChI=1S/C14H11Cl2F2N/c1-19-14(9-3-2-4-11(15)13(9)16)10-7-8(17)5-6-12(10)18/h2-7,14,19H,1H3. The zero-order valence-corrected chi connectivity index (χ0v) is 11.6. The second-order valence-corrected chi connectivity index (χ2v) is 4.82. The van der Waals surface area contributed by atoms with Crippen molar-refractivity contribution in [2.45, 2.75) is 6.04 Å². The van der Waals surface area contributed by atoms with E-state index < -0.39 is 17.7 Å². The Morgan fingerprint density at radius 1 is 1.05 bits per heavy atom. The Morgan fingerprint density at radius 2 is 1.79 bits per heavy atom. The van der Waals surface area contributed by atoms with Gasteiger partial charge in [0.05, 0.1) is 16.1 Å². The minimum absolute atomic E-state index is 0.187. The molecule has 2 aromatic carbocycles. The Labute approximate surface area is 120 Å². The van der Waals surface area contributed by atoms with Gasteiger partial charge < -0.3 is 5.32 Å². The van der Waals surface area contributed by atoms with Gasteiger partial charge in [0, 0.05) is 5.56 Å². The van der Waals surface area contributed by atoms with Crippen molar-refractivity contribution >= 4 is 23.2 Å². The van der Waals surface area contributed by atoms with E-state index >= 15 is 0 Å². The largest absolute Gasteiger partial charge is 0.309 e. The van der Waals surface area contributed by atoms with Crippen LogP contribution in [0.25, 0.3) is 0 Å². The molecule has 0 aromatic heterocycles. The van der Waals surface area contributed by atoms with Crippen molar-refractivity contribution in [1.82, 2.24) is 5.32 Å². The third kappa shape index (κ3) is 2.89. The third-order valence-electron chi connectivity index (χ3n) is 2.85. The molecular weight excluding hydrogens is 291 g/mol. The lowest BCUT2D eigenvalue weighted by molar-refractivity contribution is 0.558. The molecule has 0 fully saturated rings. The summed E-state index contributed by atoms with van der Waals surface area (Å²) < 4.78 is 27.1. The maximum atomic E-state index is 13.8. The minimum Gasteiger partial charge on any atom is -0.309 e. The van der Waals surface area contributed by atoms with Crippen molar-refractivity contribution in [2.24, 2.45) is 0 Å². The normalized spacial score (nSPS) is 12.5. The van der Waals surface area contributed by atoms with E-state index in [0.29, 0.717) is 15.6 Å². The molecule has 5 heteroatoms. The van der Waals surface area contributed by atoms with Crippen LogP contribution >= 0.6 is 23.2 Å². The molecule has 1 N–H and O–H groups in total. The second kappa shape index (κ2) is 5.87. The summed E-state index contributed by atoms with van der Waals surface area (Å²) in [6.45, 7) is 0. The molecule has 19 heavy (non-hydrogen) atoms. The van der Waals surface area contributed by atoms with Crippen molar-refractivity contribution in [3.8, 4) is 0 Å². The molecule has 2 aromatic rings. The summed E-state index contributed by atoms with van der Waals surface area (Å²) in [6, 6.07) is 7.82. The Morgan fingerprint density at radius 3 is 2.47 bits per heavy atom. The quantitative estimate of drug-likeness (QED) is 0.875. The van der Waals surface area contributed by atoms with Gasteiger partial charge in [-0.15, -0.1) is 0 Å². The van der Waals surface area contributed by atoms with Crippen LogP contribution in [0.5, 0.6) is 0 Å². The van der Waals surface area contributed by atoms with Crippen molar-refractivity contribution in [1.29, 1.82) is 0 Å². The molecule has 1 unspecified atom stereocenters. The summed E-state index contributed by atoms with van der Waals surface area (Å²) in [5.74, 6) is -1.01. The van der Waals surface area contributed by atoms with Gasteiger partial charge in [-0.05, 0) is 36.9 Å². The first-order valence-electron chi connectivity index (χ1n) is 5.60. The lowest BCUT2D eigenvalue weighted by atomic mass is 9.98. The van der Waals surface area contributed by atoms with Gasteiger partial charge in [0.2, 0.25) is 0 Å². The van der Waals surface area contributed by atoms with Gasteiger partial charge in [0.15, 0.2) is 0 Å². The highest BCUT2D eigenvalue weighted by atomic mass is 35.5. The average Bonchev–Trinajstić information content (AvgIpc) is 2.39. The fourth-order valence-corrected chi connectivity index (χ4v) is 2.37. The predicted octanol–water partition coefficient (Wildman–Crippen LogP) is 4.58. The lowest BCUT2D eigenvalue weighted by Crippen LogP contribution is -2.19. The number of hydrogen-bond donors (Lipinski definition) is 1. The highest BCUT2D eigenvalue weighted by Crippen LogP contribution is 2.34. The number of rotatable bonds is 3. The van der Waals surface area contributed by atoms with Gasteiger partial charge in [-0.3, -0.25) is 0 Å². The molecule has 0 radical (unpaired) electrons. The van der Waals surface area contributed by atoms with Crippen LogP contribution in [0.3, 0.4) is 0 Å². The predicted molar refractivity (Wildman–Crippen MR) is 73.7 cm³/mol. The molecule has 1 atom stereocenters. The second-order valence-electron chi connectivity index (χ2n) is 4.03. The number of benzene rings is 2. The van der Waals surface area contributed by atoms with E-state index in [1.165, 1.54) is 0 Å². The van der Waals surface area contributed by atoms with Crippen LogP contribution in [0.4, 0.5) is 8.78 Å². The van der Waals surface area contributed by atoms with Crippen LogP contribution in [0, 0.1) is 11.6 Å². The van der Waals surface area contributed by atoms with E-state index in [4.69, 9.17) is 23.2 Å². The van der Waals surface area contributed by atoms with Gasteiger partial charge in [-0.25, -0.2) is 8.78 Å². The van der Waals surface area contributed by atoms with Crippen LogP contribution in [-0.2, 0) is 0 Å². The Bertz CT molecular complexity index is 600. The van der Waals surface area contributed by atoms with Crippen LogP contribution in [-0.4, -0.2) is 7.05 Å². The van der Waals surface area contributed by atoms with E-state index in [2.05, 4.69) is 5.32 Å². The fraction of sp³-hybridized carbons (Fsp3) is 0.143. The van der Waals surface area contributed by atoms with E-state index in [1.54, 1.807) is 25.2 Å². The molecule has 0 bridgehead atoms. The summed E-state index contributed by atoms with van der Waals surface area (Å²) in [4.78, 5) is 0. The van der Waals surface area contributed by atoms with E-state index in [0.717, 1.165) is 18.2 Å². The molecule has 100 valence electrons. The first-order valence-corrected chi connectivity index (χ1v) is 6.36. The molecule has 0 saturated heterocycles. The molecule has 0 heterocycles. The number of hydrogen-bond acceptors (Lipinski definition) is 1. The Hall–Kier alpha value is -1.16. The van der Waals surface area contributed by atoms with Crippen molar-refractivity contribution in [3.05, 3.63) is 69.2 Å². The van der Waals surface area contributed by atoms with Crippen LogP contribution in [0.2, 0.25) is 10.0 Å². The zero-order valence-electron chi connectivity index (χ0n) is 10.1. The highest BCUT2D eigenvalue weighted by Gasteiger charge is 2.20. The minimum atomic E-state index is -0.568. The third-order valence-corrected chi connectivity index (χ3v) is 3.68. The Kier molecular flexibility index (Phi) is 4.40. The van der Waals surface area contributed by atoms with Gasteiger partial charge in [-0.2, -0.15) is 0 Å². The zero-order chi connectivity index (χ0) is 14.0. The summed E-state index contributed by atoms with van der Waals surface area (Å²) in [5, 5.41) is 3.62. The molecule has 0 saturated carbocycles. The monoisotopic (exact) mass is 301 g/mol. The maximum absolute atomic E-state index is 13.8. The van der Waals surface area contributed by atoms with Gasteiger partial charge in [0.1, 0.15) is 11.6 Å². The molecular formula is C14H11Cl2F2N. The number of halogens is 4. The summed E-state index contributed by atoms with van der Waals surface area (Å²) in [5.41, 5.74) is 0.785. The van der Waals surface area contributed by atoms with Crippen LogP contribution in [0.1, 0.15) is 17.2 Å². The summed E-state index contributed by atoms with van der Waals surface area (Å²) >= 11 is 12.1. The first kappa shape index (κ1) is 14.3. The fourth-order valence-electron chi connectivity index (χ4n) is 1.96. The van der Waals surface area contributed by atoms with Gasteiger partial charge >= 0.3 is 0 Å². The maximum Gasteiger partial charge on any atom is 0.128 e. The molecule has 0 spiro atoms. The van der Waals surface area contributed by atoms with Gasteiger partial charge in [0.25, 0.3) is 0 Å². The first-order chi connectivity index (χ1) is 9.04. The van der Waals surface area contributed by atoms with E-state index in [9.17, 15) is 8.78 Å². The van der Waals surface area contributed by atoms with Gasteiger partial charge in [-0.1, -0.05) is 35.3 Å². The van der Waals surface area contributed by atoms with Crippen LogP contribution < -0.4 is 5.32 Å². The highest BCUT2D eigenvalue weighted by molar-refractivity contribution is 6.42. The topological polar surface area (TPSA) is 12.0 Å². The molecule has 0 amide bonds.